The largest absolute Gasteiger partial charge is 0.323 e. The van der Waals surface area contributed by atoms with Crippen LogP contribution in [0.1, 0.15) is 5.56 Å². The number of benzene rings is 2. The molecule has 1 nitrogen and oxygen atoms in total. The summed E-state index contributed by atoms with van der Waals surface area (Å²) >= 11 is 0. The fourth-order valence-corrected chi connectivity index (χ4v) is 2.91. The molecule has 1 heteroatoms. The Hall–Kier alpha value is -2.54. The molecule has 0 aliphatic rings. The van der Waals surface area contributed by atoms with Crippen LogP contribution in [0.4, 0.5) is 0 Å². The lowest BCUT2D eigenvalue weighted by molar-refractivity contribution is 1.20. The second kappa shape index (κ2) is 4.24. The van der Waals surface area contributed by atoms with E-state index < -0.39 is 0 Å². The van der Waals surface area contributed by atoms with Crippen LogP contribution >= 0.6 is 0 Å². The summed E-state index contributed by atoms with van der Waals surface area (Å²) in [6.45, 7) is 2.19. The van der Waals surface area contributed by atoms with Crippen LogP contribution in [-0.2, 0) is 0 Å². The van der Waals surface area contributed by atoms with Gasteiger partial charge in [0.2, 0.25) is 0 Å². The van der Waals surface area contributed by atoms with Crippen molar-refractivity contribution >= 4 is 16.3 Å². The lowest BCUT2D eigenvalue weighted by Crippen LogP contribution is -1.79. The second-order valence-electron chi connectivity index (χ2n) is 5.22. The van der Waals surface area contributed by atoms with Gasteiger partial charge in [-0.1, -0.05) is 42.5 Å². The third-order valence-corrected chi connectivity index (χ3v) is 4.01. The lowest BCUT2D eigenvalue weighted by atomic mass is 10.0. The van der Waals surface area contributed by atoms with Gasteiger partial charge in [0.15, 0.2) is 0 Å². The standard InChI is InChI=1S/C19H15N/c1-14-18(13-20-11-5-4-8-19(14)20)17-10-9-15-6-2-3-7-16(15)12-17/h2-13H,1H3. The number of aryl methyl sites for hydroxylation is 1. The summed E-state index contributed by atoms with van der Waals surface area (Å²) in [6, 6.07) is 21.5. The number of hydrogen-bond donors (Lipinski definition) is 0. The van der Waals surface area contributed by atoms with E-state index in [2.05, 4.69) is 84.4 Å². The Kier molecular flexibility index (Phi) is 2.40. The highest BCUT2D eigenvalue weighted by molar-refractivity contribution is 5.88. The summed E-state index contributed by atoms with van der Waals surface area (Å²) in [7, 11) is 0. The molecule has 0 fully saturated rings. The van der Waals surface area contributed by atoms with Gasteiger partial charge in [-0.05, 0) is 47.0 Å². The number of nitrogens with zero attached hydrogens (tertiary/aromatic N) is 1. The van der Waals surface area contributed by atoms with Gasteiger partial charge in [-0.25, -0.2) is 0 Å². The molecule has 4 rings (SSSR count). The monoisotopic (exact) mass is 257 g/mol. The SMILES string of the molecule is Cc1c(-c2ccc3ccccc3c2)cn2ccccc12. The van der Waals surface area contributed by atoms with Crippen LogP contribution < -0.4 is 0 Å². The number of pyridine rings is 1. The highest BCUT2D eigenvalue weighted by Gasteiger charge is 2.08. The van der Waals surface area contributed by atoms with Crippen molar-refractivity contribution in [2.75, 3.05) is 0 Å². The Morgan fingerprint density at radius 2 is 1.60 bits per heavy atom. The first kappa shape index (κ1) is 11.3. The molecule has 0 radical (unpaired) electrons. The summed E-state index contributed by atoms with van der Waals surface area (Å²) in [5.41, 5.74) is 5.20. The third kappa shape index (κ3) is 1.64. The number of aromatic nitrogens is 1. The van der Waals surface area contributed by atoms with Crippen molar-refractivity contribution in [3.05, 3.63) is 78.6 Å². The molecule has 0 unspecified atom stereocenters. The minimum absolute atomic E-state index is 1.27. The van der Waals surface area contributed by atoms with Crippen LogP contribution in [-0.4, -0.2) is 4.40 Å². The molecule has 96 valence electrons. The second-order valence-corrected chi connectivity index (χ2v) is 5.22. The van der Waals surface area contributed by atoms with E-state index in [1.165, 1.54) is 33.0 Å². The van der Waals surface area contributed by atoms with Crippen molar-refractivity contribution in [2.24, 2.45) is 0 Å². The van der Waals surface area contributed by atoms with Gasteiger partial charge < -0.3 is 4.40 Å². The molecule has 2 heterocycles. The molecule has 0 amide bonds. The molecule has 0 bridgehead atoms. The molecule has 0 saturated heterocycles. The smallest absolute Gasteiger partial charge is 0.0485 e. The van der Waals surface area contributed by atoms with Gasteiger partial charge in [-0.15, -0.1) is 0 Å². The molecule has 0 N–H and O–H groups in total. The van der Waals surface area contributed by atoms with Crippen LogP contribution in [0.5, 0.6) is 0 Å². The van der Waals surface area contributed by atoms with E-state index in [0.717, 1.165) is 0 Å². The van der Waals surface area contributed by atoms with E-state index in [1.54, 1.807) is 0 Å². The van der Waals surface area contributed by atoms with Crippen molar-refractivity contribution in [3.8, 4) is 11.1 Å². The molecule has 20 heavy (non-hydrogen) atoms. The van der Waals surface area contributed by atoms with Crippen LogP contribution in [0.2, 0.25) is 0 Å². The summed E-state index contributed by atoms with van der Waals surface area (Å²) in [5, 5.41) is 2.58. The zero-order valence-electron chi connectivity index (χ0n) is 11.4. The average molecular weight is 257 g/mol. The molecule has 0 spiro atoms. The predicted octanol–water partition coefficient (Wildman–Crippen LogP) is 5.07. The Bertz CT molecular complexity index is 915. The third-order valence-electron chi connectivity index (χ3n) is 4.01. The van der Waals surface area contributed by atoms with E-state index >= 15 is 0 Å². The van der Waals surface area contributed by atoms with Gasteiger partial charge >= 0.3 is 0 Å². The van der Waals surface area contributed by atoms with Crippen molar-refractivity contribution in [1.29, 1.82) is 0 Å². The van der Waals surface area contributed by atoms with Crippen LogP contribution in [0, 0.1) is 6.92 Å². The molecule has 0 aliphatic heterocycles. The van der Waals surface area contributed by atoms with E-state index in [0.29, 0.717) is 0 Å². The van der Waals surface area contributed by atoms with Crippen LogP contribution in [0.15, 0.2) is 73.1 Å². The van der Waals surface area contributed by atoms with E-state index in [4.69, 9.17) is 0 Å². The first-order valence-corrected chi connectivity index (χ1v) is 6.88. The van der Waals surface area contributed by atoms with Gasteiger partial charge in [0.1, 0.15) is 0 Å². The van der Waals surface area contributed by atoms with Gasteiger partial charge in [-0.3, -0.25) is 0 Å². The molecule has 2 aromatic heterocycles. The van der Waals surface area contributed by atoms with E-state index in [1.807, 2.05) is 0 Å². The van der Waals surface area contributed by atoms with Gasteiger partial charge in [0, 0.05) is 23.5 Å². The van der Waals surface area contributed by atoms with E-state index in [-0.39, 0.29) is 0 Å². The van der Waals surface area contributed by atoms with Crippen molar-refractivity contribution in [2.45, 2.75) is 6.92 Å². The average Bonchev–Trinajstić information content (AvgIpc) is 2.84. The quantitative estimate of drug-likeness (QED) is 0.448. The molecule has 4 aromatic rings. The Labute approximate surface area is 118 Å². The molecule has 2 aromatic carbocycles. The lowest BCUT2D eigenvalue weighted by Gasteiger charge is -2.03. The summed E-state index contributed by atoms with van der Waals surface area (Å²) in [6.07, 6.45) is 4.32. The van der Waals surface area contributed by atoms with Crippen molar-refractivity contribution in [3.63, 3.8) is 0 Å². The summed E-state index contributed by atoms with van der Waals surface area (Å²) < 4.78 is 2.19. The predicted molar refractivity (Wildman–Crippen MR) is 85.1 cm³/mol. The molecule has 0 aliphatic carbocycles. The van der Waals surface area contributed by atoms with Gasteiger partial charge in [0.05, 0.1) is 0 Å². The highest BCUT2D eigenvalue weighted by atomic mass is 14.9. The Morgan fingerprint density at radius 3 is 2.45 bits per heavy atom. The van der Waals surface area contributed by atoms with Gasteiger partial charge in [0.25, 0.3) is 0 Å². The maximum atomic E-state index is 2.27. The number of fused-ring (bicyclic) bond motifs is 2. The minimum Gasteiger partial charge on any atom is -0.323 e. The fourth-order valence-electron chi connectivity index (χ4n) is 2.91. The molecular weight excluding hydrogens is 242 g/mol. The topological polar surface area (TPSA) is 4.41 Å². The van der Waals surface area contributed by atoms with E-state index in [9.17, 15) is 0 Å². The first-order valence-electron chi connectivity index (χ1n) is 6.88. The van der Waals surface area contributed by atoms with Crippen molar-refractivity contribution in [1.82, 2.24) is 4.40 Å². The molecule has 0 atom stereocenters. The van der Waals surface area contributed by atoms with Crippen molar-refractivity contribution < 1.29 is 0 Å². The Morgan fingerprint density at radius 1 is 0.800 bits per heavy atom. The number of hydrogen-bond acceptors (Lipinski definition) is 0. The summed E-state index contributed by atoms with van der Waals surface area (Å²) in [5.74, 6) is 0. The molecule has 0 saturated carbocycles. The zero-order chi connectivity index (χ0) is 13.5. The maximum Gasteiger partial charge on any atom is 0.0485 e. The van der Waals surface area contributed by atoms with Gasteiger partial charge in [-0.2, -0.15) is 0 Å². The fraction of sp³-hybridized carbons (Fsp3) is 0.0526. The highest BCUT2D eigenvalue weighted by Crippen LogP contribution is 2.30. The van der Waals surface area contributed by atoms with Crippen LogP contribution in [0.3, 0.4) is 0 Å². The normalized spacial score (nSPS) is 11.2. The maximum absolute atomic E-state index is 2.27. The number of rotatable bonds is 1. The Balaban J connectivity index is 1.98. The molecular formula is C19H15N. The first-order chi connectivity index (χ1) is 9.83. The minimum atomic E-state index is 1.27. The zero-order valence-corrected chi connectivity index (χ0v) is 11.4. The van der Waals surface area contributed by atoms with Crippen LogP contribution in [0.25, 0.3) is 27.4 Å². The summed E-state index contributed by atoms with van der Waals surface area (Å²) in [4.78, 5) is 0.